The van der Waals surface area contributed by atoms with Crippen LogP contribution in [0.25, 0.3) is 0 Å². The monoisotopic (exact) mass is 422 g/mol. The first-order valence-electron chi connectivity index (χ1n) is 10.6. The van der Waals surface area contributed by atoms with E-state index in [-0.39, 0.29) is 5.41 Å². The van der Waals surface area contributed by atoms with E-state index in [4.69, 9.17) is 14.2 Å². The van der Waals surface area contributed by atoms with Crippen molar-refractivity contribution < 1.29 is 24.1 Å². The van der Waals surface area contributed by atoms with E-state index in [1.165, 1.54) is 0 Å². The lowest BCUT2D eigenvalue weighted by molar-refractivity contribution is -0.212. The van der Waals surface area contributed by atoms with E-state index < -0.39 is 29.6 Å². The molecule has 1 aromatic rings. The minimum atomic E-state index is -0.799. The van der Waals surface area contributed by atoms with Crippen LogP contribution in [0.3, 0.4) is 0 Å². The van der Waals surface area contributed by atoms with Gasteiger partial charge in [0, 0.05) is 18.5 Å². The average molecular weight is 423 g/mol. The van der Waals surface area contributed by atoms with E-state index in [0.717, 1.165) is 5.56 Å². The molecule has 1 saturated heterocycles. The van der Waals surface area contributed by atoms with Crippen LogP contribution >= 0.6 is 0 Å². The van der Waals surface area contributed by atoms with Crippen molar-refractivity contribution in [2.24, 2.45) is 5.41 Å². The number of amides is 1. The number of carbonyl (C=O) groups excluding carboxylic acids is 1. The molecule has 2 atom stereocenters. The van der Waals surface area contributed by atoms with Gasteiger partial charge in [-0.05, 0) is 39.7 Å². The van der Waals surface area contributed by atoms with Gasteiger partial charge in [0.2, 0.25) is 0 Å². The third-order valence-electron chi connectivity index (χ3n) is 5.45. The Balaban J connectivity index is 1.97. The molecule has 170 valence electrons. The number of rotatable bonds is 9. The zero-order valence-corrected chi connectivity index (χ0v) is 19.2. The van der Waals surface area contributed by atoms with E-state index >= 15 is 0 Å². The van der Waals surface area contributed by atoms with Gasteiger partial charge < -0.3 is 30.0 Å². The fourth-order valence-corrected chi connectivity index (χ4v) is 3.35. The molecule has 0 spiro atoms. The molecule has 1 aliphatic rings. The molecule has 3 N–H and O–H groups in total. The van der Waals surface area contributed by atoms with Gasteiger partial charge in [-0.3, -0.25) is 0 Å². The lowest BCUT2D eigenvalue weighted by Gasteiger charge is -2.39. The largest absolute Gasteiger partial charge is 0.444 e. The summed E-state index contributed by atoms with van der Waals surface area (Å²) in [5.41, 5.74) is 0.125. The Labute approximate surface area is 180 Å². The number of ether oxygens (including phenoxy) is 3. The van der Waals surface area contributed by atoms with Crippen molar-refractivity contribution in [1.82, 2.24) is 10.6 Å². The molecular weight excluding hydrogens is 384 g/mol. The predicted octanol–water partition coefficient (Wildman–Crippen LogP) is 2.86. The number of aliphatic hydroxyl groups excluding tert-OH is 1. The minimum Gasteiger partial charge on any atom is -0.444 e. The summed E-state index contributed by atoms with van der Waals surface area (Å²) in [6, 6.07) is 9.27. The first kappa shape index (κ1) is 24.6. The molecule has 0 aliphatic carbocycles. The molecule has 30 heavy (non-hydrogen) atoms. The first-order valence-corrected chi connectivity index (χ1v) is 10.6. The highest BCUT2D eigenvalue weighted by atomic mass is 16.7. The fraction of sp³-hybridized carbons (Fsp3) is 0.696. The van der Waals surface area contributed by atoms with Gasteiger partial charge in [0.05, 0.1) is 25.4 Å². The molecule has 7 heteroatoms. The second-order valence-corrected chi connectivity index (χ2v) is 9.67. The molecule has 0 radical (unpaired) electrons. The van der Waals surface area contributed by atoms with Crippen LogP contribution in [0, 0.1) is 5.41 Å². The van der Waals surface area contributed by atoms with Crippen LogP contribution in [0.15, 0.2) is 30.3 Å². The Hall–Kier alpha value is -1.67. The maximum atomic E-state index is 12.3. The topological polar surface area (TPSA) is 89.1 Å². The molecule has 1 heterocycles. The second-order valence-electron chi connectivity index (χ2n) is 9.67. The number of hydrogen-bond acceptors (Lipinski definition) is 6. The quantitative estimate of drug-likeness (QED) is 0.567. The van der Waals surface area contributed by atoms with Crippen LogP contribution in [-0.2, 0) is 20.6 Å². The Bertz CT molecular complexity index is 666. The van der Waals surface area contributed by atoms with Gasteiger partial charge in [-0.2, -0.15) is 0 Å². The van der Waals surface area contributed by atoms with Crippen LogP contribution in [0.5, 0.6) is 0 Å². The summed E-state index contributed by atoms with van der Waals surface area (Å²) in [6.07, 6.45) is -0.842. The molecule has 7 nitrogen and oxygen atoms in total. The van der Waals surface area contributed by atoms with Crippen molar-refractivity contribution in [3.63, 3.8) is 0 Å². The summed E-state index contributed by atoms with van der Waals surface area (Å²) < 4.78 is 17.0. The van der Waals surface area contributed by atoms with Crippen LogP contribution in [0.4, 0.5) is 4.79 Å². The van der Waals surface area contributed by atoms with Gasteiger partial charge in [-0.1, -0.05) is 44.2 Å². The molecule has 1 fully saturated rings. The standard InChI is InChI=1S/C23H38N2O5/c1-21(2,3)30-20(27)25-18(14-17-10-8-7-9-11-17)19(26)15-24-16-22(4,5)23(6)28-12-13-29-23/h7-11,18-19,24,26H,12-16H2,1-6H3,(H,25,27)/t18-,19+/m0/s1. The van der Waals surface area contributed by atoms with Crippen molar-refractivity contribution >= 4 is 6.09 Å². The Kier molecular flexibility index (Phi) is 8.27. The van der Waals surface area contributed by atoms with E-state index in [1.807, 2.05) is 58.0 Å². The second kappa shape index (κ2) is 10.1. The fourth-order valence-electron chi connectivity index (χ4n) is 3.35. The van der Waals surface area contributed by atoms with Crippen LogP contribution < -0.4 is 10.6 Å². The normalized spacial score (nSPS) is 18.6. The zero-order chi connectivity index (χ0) is 22.4. The third kappa shape index (κ3) is 7.23. The highest BCUT2D eigenvalue weighted by molar-refractivity contribution is 5.68. The smallest absolute Gasteiger partial charge is 0.407 e. The van der Waals surface area contributed by atoms with Crippen LogP contribution in [0.2, 0.25) is 0 Å². The SMILES string of the molecule is CC(C)(C)OC(=O)N[C@@H](Cc1ccccc1)[C@H](O)CNCC(C)(C)C1(C)OCCO1. The molecule has 1 aliphatic heterocycles. The van der Waals surface area contributed by atoms with Crippen molar-refractivity contribution in [1.29, 1.82) is 0 Å². The van der Waals surface area contributed by atoms with E-state index in [9.17, 15) is 9.90 Å². The third-order valence-corrected chi connectivity index (χ3v) is 5.45. The molecule has 0 aromatic heterocycles. The summed E-state index contributed by atoms with van der Waals surface area (Å²) in [6.45, 7) is 13.6. The highest BCUT2D eigenvalue weighted by Crippen LogP contribution is 2.37. The number of carbonyl (C=O) groups is 1. The Morgan fingerprint density at radius 2 is 1.77 bits per heavy atom. The summed E-state index contributed by atoms with van der Waals surface area (Å²) in [5, 5.41) is 17.0. The summed E-state index contributed by atoms with van der Waals surface area (Å²) in [4.78, 5) is 12.3. The minimum absolute atomic E-state index is 0.295. The Morgan fingerprint density at radius 3 is 2.33 bits per heavy atom. The van der Waals surface area contributed by atoms with Crippen molar-refractivity contribution in [3.05, 3.63) is 35.9 Å². The maximum absolute atomic E-state index is 12.3. The molecule has 0 saturated carbocycles. The zero-order valence-electron chi connectivity index (χ0n) is 19.2. The van der Waals surface area contributed by atoms with E-state index in [0.29, 0.717) is 32.7 Å². The van der Waals surface area contributed by atoms with Crippen LogP contribution in [0.1, 0.15) is 47.1 Å². The number of benzene rings is 1. The molecule has 0 bridgehead atoms. The van der Waals surface area contributed by atoms with Gasteiger partial charge >= 0.3 is 6.09 Å². The number of aliphatic hydroxyl groups is 1. The number of hydrogen-bond donors (Lipinski definition) is 3. The summed E-state index contributed by atoms with van der Waals surface area (Å²) in [7, 11) is 0. The van der Waals surface area contributed by atoms with E-state index in [2.05, 4.69) is 24.5 Å². The number of alkyl carbamates (subject to hydrolysis) is 1. The van der Waals surface area contributed by atoms with Gasteiger partial charge in [0.25, 0.3) is 0 Å². The molecule has 0 unspecified atom stereocenters. The van der Waals surface area contributed by atoms with Crippen molar-refractivity contribution in [2.45, 2.75) is 71.5 Å². The molecule has 1 amide bonds. The van der Waals surface area contributed by atoms with Gasteiger partial charge in [-0.25, -0.2) is 4.79 Å². The van der Waals surface area contributed by atoms with Crippen molar-refractivity contribution in [2.75, 3.05) is 26.3 Å². The molecular formula is C23H38N2O5. The van der Waals surface area contributed by atoms with E-state index in [1.54, 1.807) is 0 Å². The first-order chi connectivity index (χ1) is 13.9. The van der Waals surface area contributed by atoms with Crippen LogP contribution in [-0.4, -0.2) is 61.0 Å². The lowest BCUT2D eigenvalue weighted by Crippen LogP contribution is -2.53. The van der Waals surface area contributed by atoms with Gasteiger partial charge in [-0.15, -0.1) is 0 Å². The van der Waals surface area contributed by atoms with Gasteiger partial charge in [0.15, 0.2) is 5.79 Å². The molecule has 2 rings (SSSR count). The molecule has 1 aromatic carbocycles. The Morgan fingerprint density at radius 1 is 1.17 bits per heavy atom. The van der Waals surface area contributed by atoms with Crippen molar-refractivity contribution in [3.8, 4) is 0 Å². The average Bonchev–Trinajstić information content (AvgIpc) is 3.09. The maximum Gasteiger partial charge on any atom is 0.407 e. The summed E-state index contributed by atoms with van der Waals surface area (Å²) in [5.74, 6) is -0.664. The highest BCUT2D eigenvalue weighted by Gasteiger charge is 2.45. The van der Waals surface area contributed by atoms with Gasteiger partial charge in [0.1, 0.15) is 5.60 Å². The summed E-state index contributed by atoms with van der Waals surface area (Å²) >= 11 is 0. The lowest BCUT2D eigenvalue weighted by atomic mass is 9.84. The number of nitrogens with one attached hydrogen (secondary N) is 2. The predicted molar refractivity (Wildman–Crippen MR) is 116 cm³/mol.